The van der Waals surface area contributed by atoms with Crippen molar-refractivity contribution in [1.29, 1.82) is 0 Å². The van der Waals surface area contributed by atoms with Gasteiger partial charge in [-0.2, -0.15) is 5.10 Å². The van der Waals surface area contributed by atoms with Gasteiger partial charge in [0.15, 0.2) is 5.82 Å². The van der Waals surface area contributed by atoms with Crippen LogP contribution in [-0.4, -0.2) is 21.7 Å². The van der Waals surface area contributed by atoms with Gasteiger partial charge in [-0.25, -0.2) is 4.98 Å². The average Bonchev–Trinajstić information content (AvgIpc) is 3.11. The van der Waals surface area contributed by atoms with Crippen molar-refractivity contribution in [2.75, 3.05) is 6.54 Å². The molecule has 2 aromatic rings. The molecule has 0 bridgehead atoms. The van der Waals surface area contributed by atoms with Crippen LogP contribution in [0.3, 0.4) is 0 Å². The summed E-state index contributed by atoms with van der Waals surface area (Å²) in [7, 11) is 0. The number of aromatic amines is 1. The number of nitrogens with one attached hydrogen (secondary N) is 1. The molecule has 1 heterocycles. The number of H-pyrrole nitrogens is 1. The van der Waals surface area contributed by atoms with Gasteiger partial charge in [-0.05, 0) is 31.4 Å². The van der Waals surface area contributed by atoms with E-state index in [0.717, 1.165) is 23.6 Å². The molecular formula is C15H20N4. The summed E-state index contributed by atoms with van der Waals surface area (Å²) in [6.07, 6.45) is 6.03. The summed E-state index contributed by atoms with van der Waals surface area (Å²) < 4.78 is 0. The maximum Gasteiger partial charge on any atom is 0.181 e. The largest absolute Gasteiger partial charge is 0.330 e. The van der Waals surface area contributed by atoms with Crippen LogP contribution in [0.1, 0.15) is 43.0 Å². The highest BCUT2D eigenvalue weighted by molar-refractivity contribution is 5.55. The Morgan fingerprint density at radius 1 is 1.16 bits per heavy atom. The van der Waals surface area contributed by atoms with Gasteiger partial charge in [0.25, 0.3) is 0 Å². The van der Waals surface area contributed by atoms with E-state index in [0.29, 0.717) is 12.5 Å². The summed E-state index contributed by atoms with van der Waals surface area (Å²) in [6, 6.07) is 8.36. The highest BCUT2D eigenvalue weighted by atomic mass is 15.2. The number of benzene rings is 1. The topological polar surface area (TPSA) is 67.6 Å². The quantitative estimate of drug-likeness (QED) is 0.883. The van der Waals surface area contributed by atoms with Crippen molar-refractivity contribution < 1.29 is 0 Å². The van der Waals surface area contributed by atoms with Crippen LogP contribution in [0.5, 0.6) is 0 Å². The zero-order chi connectivity index (χ0) is 13.1. The van der Waals surface area contributed by atoms with Gasteiger partial charge >= 0.3 is 0 Å². The molecule has 0 radical (unpaired) electrons. The molecule has 4 nitrogen and oxygen atoms in total. The molecule has 1 saturated carbocycles. The predicted octanol–water partition coefficient (Wildman–Crippen LogP) is 2.63. The number of hydrogen-bond acceptors (Lipinski definition) is 3. The van der Waals surface area contributed by atoms with Crippen LogP contribution in [0.25, 0.3) is 11.4 Å². The van der Waals surface area contributed by atoms with Crippen molar-refractivity contribution in [2.24, 2.45) is 5.73 Å². The lowest BCUT2D eigenvalue weighted by atomic mass is 10.1. The molecule has 100 valence electrons. The molecular weight excluding hydrogens is 236 g/mol. The summed E-state index contributed by atoms with van der Waals surface area (Å²) in [5, 5.41) is 7.45. The van der Waals surface area contributed by atoms with Gasteiger partial charge in [-0.15, -0.1) is 0 Å². The Kier molecular flexibility index (Phi) is 3.60. The van der Waals surface area contributed by atoms with E-state index in [1.165, 1.54) is 31.2 Å². The molecule has 3 N–H and O–H groups in total. The van der Waals surface area contributed by atoms with Crippen molar-refractivity contribution in [2.45, 2.75) is 38.0 Å². The molecule has 1 aliphatic rings. The number of nitrogens with zero attached hydrogens (tertiary/aromatic N) is 2. The van der Waals surface area contributed by atoms with Gasteiger partial charge in [-0.3, -0.25) is 5.10 Å². The SMILES string of the molecule is NCCc1ccc(-c2n[nH]c(C3CCCC3)n2)cc1. The van der Waals surface area contributed by atoms with E-state index < -0.39 is 0 Å². The minimum absolute atomic E-state index is 0.581. The maximum atomic E-state index is 5.55. The van der Waals surface area contributed by atoms with Crippen LogP contribution in [0, 0.1) is 0 Å². The number of hydrogen-bond donors (Lipinski definition) is 2. The van der Waals surface area contributed by atoms with E-state index in [1.807, 2.05) is 0 Å². The van der Waals surface area contributed by atoms with Gasteiger partial charge in [-0.1, -0.05) is 37.1 Å². The molecule has 19 heavy (non-hydrogen) atoms. The zero-order valence-corrected chi connectivity index (χ0v) is 11.1. The Bertz CT molecular complexity index is 523. The fourth-order valence-corrected chi connectivity index (χ4v) is 2.77. The number of aromatic nitrogens is 3. The summed E-state index contributed by atoms with van der Waals surface area (Å²) in [5.74, 6) is 2.44. The monoisotopic (exact) mass is 256 g/mol. The van der Waals surface area contributed by atoms with Gasteiger partial charge in [0.2, 0.25) is 0 Å². The number of nitrogens with two attached hydrogens (primary N) is 1. The molecule has 0 saturated heterocycles. The summed E-state index contributed by atoms with van der Waals surface area (Å²) >= 11 is 0. The standard InChI is InChI=1S/C15H20N4/c16-10-9-11-5-7-13(8-6-11)15-17-14(18-19-15)12-3-1-2-4-12/h5-8,12H,1-4,9-10,16H2,(H,17,18,19). The fraction of sp³-hybridized carbons (Fsp3) is 0.467. The van der Waals surface area contributed by atoms with Crippen molar-refractivity contribution in [3.05, 3.63) is 35.7 Å². The molecule has 3 rings (SSSR count). The summed E-state index contributed by atoms with van der Waals surface area (Å²) in [6.45, 7) is 0.686. The molecule has 0 amide bonds. The minimum atomic E-state index is 0.581. The molecule has 1 fully saturated rings. The van der Waals surface area contributed by atoms with Gasteiger partial charge in [0.1, 0.15) is 5.82 Å². The van der Waals surface area contributed by atoms with E-state index >= 15 is 0 Å². The Labute approximate surface area is 113 Å². The van der Waals surface area contributed by atoms with Gasteiger partial charge in [0.05, 0.1) is 0 Å². The lowest BCUT2D eigenvalue weighted by Gasteiger charge is -2.02. The Hall–Kier alpha value is -1.68. The van der Waals surface area contributed by atoms with Crippen LogP contribution in [0.2, 0.25) is 0 Å². The first-order chi connectivity index (χ1) is 9.36. The molecule has 0 aliphatic heterocycles. The van der Waals surface area contributed by atoms with E-state index in [9.17, 15) is 0 Å². The molecule has 0 spiro atoms. The first-order valence-corrected chi connectivity index (χ1v) is 7.08. The maximum absolute atomic E-state index is 5.55. The second-order valence-electron chi connectivity index (χ2n) is 5.26. The fourth-order valence-electron chi connectivity index (χ4n) is 2.77. The van der Waals surface area contributed by atoms with Crippen LogP contribution in [0.4, 0.5) is 0 Å². The highest BCUT2D eigenvalue weighted by Gasteiger charge is 2.20. The van der Waals surface area contributed by atoms with E-state index in [4.69, 9.17) is 5.73 Å². The highest BCUT2D eigenvalue weighted by Crippen LogP contribution is 2.32. The summed E-state index contributed by atoms with van der Waals surface area (Å²) in [5.41, 5.74) is 7.89. The second-order valence-corrected chi connectivity index (χ2v) is 5.26. The lowest BCUT2D eigenvalue weighted by Crippen LogP contribution is -2.02. The van der Waals surface area contributed by atoms with Crippen molar-refractivity contribution >= 4 is 0 Å². The Morgan fingerprint density at radius 2 is 1.89 bits per heavy atom. The first kappa shape index (κ1) is 12.4. The third kappa shape index (κ3) is 2.68. The molecule has 1 aliphatic carbocycles. The average molecular weight is 256 g/mol. The lowest BCUT2D eigenvalue weighted by molar-refractivity contribution is 0.672. The van der Waals surface area contributed by atoms with E-state index in [1.54, 1.807) is 0 Å². The van der Waals surface area contributed by atoms with Crippen LogP contribution < -0.4 is 5.73 Å². The van der Waals surface area contributed by atoms with Crippen LogP contribution >= 0.6 is 0 Å². The Morgan fingerprint density at radius 3 is 2.58 bits per heavy atom. The van der Waals surface area contributed by atoms with Crippen LogP contribution in [0.15, 0.2) is 24.3 Å². The summed E-state index contributed by atoms with van der Waals surface area (Å²) in [4.78, 5) is 4.65. The predicted molar refractivity (Wildman–Crippen MR) is 75.8 cm³/mol. The number of rotatable bonds is 4. The van der Waals surface area contributed by atoms with Gasteiger partial charge < -0.3 is 5.73 Å². The third-order valence-electron chi connectivity index (χ3n) is 3.89. The third-order valence-corrected chi connectivity index (χ3v) is 3.89. The molecule has 0 unspecified atom stereocenters. The molecule has 1 aromatic heterocycles. The van der Waals surface area contributed by atoms with Gasteiger partial charge in [0, 0.05) is 11.5 Å². The first-order valence-electron chi connectivity index (χ1n) is 7.08. The normalized spacial score (nSPS) is 16.1. The molecule has 0 atom stereocenters. The van der Waals surface area contributed by atoms with Crippen molar-refractivity contribution in [3.8, 4) is 11.4 Å². The zero-order valence-electron chi connectivity index (χ0n) is 11.1. The van der Waals surface area contributed by atoms with Crippen molar-refractivity contribution in [3.63, 3.8) is 0 Å². The smallest absolute Gasteiger partial charge is 0.181 e. The van der Waals surface area contributed by atoms with E-state index in [-0.39, 0.29) is 0 Å². The second kappa shape index (κ2) is 5.53. The molecule has 1 aromatic carbocycles. The molecule has 4 heteroatoms. The van der Waals surface area contributed by atoms with Crippen molar-refractivity contribution in [1.82, 2.24) is 15.2 Å². The van der Waals surface area contributed by atoms with E-state index in [2.05, 4.69) is 39.4 Å². The van der Waals surface area contributed by atoms with Crippen LogP contribution in [-0.2, 0) is 6.42 Å². The minimum Gasteiger partial charge on any atom is -0.330 e. The Balaban J connectivity index is 1.77.